The van der Waals surface area contributed by atoms with Crippen LogP contribution in [0.15, 0.2) is 11.1 Å². The average Bonchev–Trinajstić information content (AvgIpc) is 3.32. The zero-order valence-corrected chi connectivity index (χ0v) is 24.9. The van der Waals surface area contributed by atoms with Gasteiger partial charge >= 0.3 is 0 Å². The summed E-state index contributed by atoms with van der Waals surface area (Å²) in [6.07, 6.45) is 11.7. The van der Waals surface area contributed by atoms with E-state index < -0.39 is 0 Å². The smallest absolute Gasteiger partial charge is 0.219 e. The van der Waals surface area contributed by atoms with Crippen LogP contribution in [0.2, 0.25) is 0 Å². The van der Waals surface area contributed by atoms with Gasteiger partial charge in [-0.25, -0.2) is 0 Å². The van der Waals surface area contributed by atoms with Gasteiger partial charge in [-0.15, -0.1) is 0 Å². The van der Waals surface area contributed by atoms with Crippen LogP contribution in [0, 0.1) is 40.9 Å². The highest BCUT2D eigenvalue weighted by Crippen LogP contribution is 2.65. The molecule has 2 heterocycles. The molecule has 5 fully saturated rings. The fourth-order valence-electron chi connectivity index (χ4n) is 10.7. The van der Waals surface area contributed by atoms with Crippen molar-refractivity contribution in [1.82, 2.24) is 9.80 Å². The lowest BCUT2D eigenvalue weighted by molar-refractivity contribution is -0.130. The number of ketones is 1. The van der Waals surface area contributed by atoms with E-state index in [2.05, 4.69) is 32.6 Å². The van der Waals surface area contributed by atoms with Gasteiger partial charge in [0.15, 0.2) is 0 Å². The number of allylic oxidation sites excluding steroid dienone is 1. The van der Waals surface area contributed by atoms with E-state index in [0.29, 0.717) is 41.1 Å². The highest BCUT2D eigenvalue weighted by Gasteiger charge is 2.60. The molecule has 1 amide bonds. The van der Waals surface area contributed by atoms with E-state index in [-0.39, 0.29) is 11.5 Å². The zero-order chi connectivity index (χ0) is 27.0. The number of ether oxygens (including phenoxy) is 1. The Morgan fingerprint density at radius 2 is 1.95 bits per heavy atom. The summed E-state index contributed by atoms with van der Waals surface area (Å²) >= 11 is 0. The quantitative estimate of drug-likeness (QED) is 0.433. The second-order valence-corrected chi connectivity index (χ2v) is 14.9. The third-order valence-electron chi connectivity index (χ3n) is 12.9. The van der Waals surface area contributed by atoms with E-state index in [1.54, 1.807) is 18.1 Å². The highest BCUT2D eigenvalue weighted by molar-refractivity contribution is 5.79. The first-order chi connectivity index (χ1) is 18.0. The molecule has 0 aromatic heterocycles. The largest absolute Gasteiger partial charge is 0.369 e. The number of hydrogen-bond donors (Lipinski definition) is 0. The van der Waals surface area contributed by atoms with Gasteiger partial charge in [0.05, 0.1) is 11.7 Å². The van der Waals surface area contributed by atoms with Gasteiger partial charge in [0.25, 0.3) is 0 Å². The molecule has 5 nitrogen and oxygen atoms in total. The molecule has 5 heteroatoms. The summed E-state index contributed by atoms with van der Waals surface area (Å²) in [5, 5.41) is 0. The van der Waals surface area contributed by atoms with Gasteiger partial charge in [-0.3, -0.25) is 14.5 Å². The number of piperidine rings is 1. The topological polar surface area (TPSA) is 49.9 Å². The Kier molecular flexibility index (Phi) is 6.90. The van der Waals surface area contributed by atoms with Crippen LogP contribution in [0.4, 0.5) is 0 Å². The van der Waals surface area contributed by atoms with E-state index in [9.17, 15) is 9.59 Å². The number of likely N-dealkylation sites (N-methyl/N-ethyl adjacent to an activating group) is 1. The maximum Gasteiger partial charge on any atom is 0.219 e. The van der Waals surface area contributed by atoms with Crippen molar-refractivity contribution in [3.63, 3.8) is 0 Å². The van der Waals surface area contributed by atoms with E-state index in [4.69, 9.17) is 4.74 Å². The van der Waals surface area contributed by atoms with Crippen molar-refractivity contribution in [2.45, 2.75) is 117 Å². The minimum absolute atomic E-state index is 0.0423. The van der Waals surface area contributed by atoms with Crippen molar-refractivity contribution >= 4 is 11.7 Å². The highest BCUT2D eigenvalue weighted by atomic mass is 16.5. The van der Waals surface area contributed by atoms with Crippen molar-refractivity contribution in [3.8, 4) is 0 Å². The SMILES string of the molecule is CC(=O)N(C)CCN1C[C@@H](C)C[C@H]2O[C@]3(CC[C@@H]4C(=C(C)C3)C[C@H]3[C@H]4CC[C@@H]4CC(=O)CC[C@@]43C)[C@H](C)[C@@H]21. The molecule has 2 saturated heterocycles. The summed E-state index contributed by atoms with van der Waals surface area (Å²) < 4.78 is 7.24. The van der Waals surface area contributed by atoms with Crippen molar-refractivity contribution in [3.05, 3.63) is 11.1 Å². The molecule has 0 bridgehead atoms. The van der Waals surface area contributed by atoms with Gasteiger partial charge in [-0.05, 0) is 93.3 Å². The molecule has 38 heavy (non-hydrogen) atoms. The Morgan fingerprint density at radius 1 is 1.16 bits per heavy atom. The average molecular weight is 525 g/mol. The Bertz CT molecular complexity index is 1010. The number of likely N-dealkylation sites (tertiary alicyclic amines) is 1. The molecule has 0 N–H and O–H groups in total. The molecule has 10 atom stereocenters. The van der Waals surface area contributed by atoms with Crippen molar-refractivity contribution in [2.24, 2.45) is 40.9 Å². The number of Topliss-reactive ketones (excluding diaryl/α,β-unsaturated/α-hetero) is 1. The number of fused-ring (bicyclic) bond motifs is 6. The molecule has 2 aliphatic heterocycles. The van der Waals surface area contributed by atoms with Gasteiger partial charge in [-0.2, -0.15) is 0 Å². The molecule has 0 aromatic rings. The molecule has 212 valence electrons. The molecule has 1 spiro atoms. The minimum atomic E-state index is -0.0423. The van der Waals surface area contributed by atoms with Gasteiger partial charge in [0.1, 0.15) is 5.78 Å². The normalized spacial score (nSPS) is 46.8. The predicted octanol–water partition coefficient (Wildman–Crippen LogP) is 5.87. The number of nitrogens with zero attached hydrogens (tertiary/aromatic N) is 2. The summed E-state index contributed by atoms with van der Waals surface area (Å²) in [5.74, 6) is 4.73. The summed E-state index contributed by atoms with van der Waals surface area (Å²) in [6.45, 7) is 14.4. The standard InChI is InChI=1S/C33H52N2O3/c1-20-15-30-31(35(19-20)14-13-34(6)23(4)36)22(3)33(38-30)12-10-26-27-8-7-24-16-25(37)9-11-32(24,5)29(27)17-28(26)21(2)18-33/h20,22,24,26-27,29-31H,7-19H2,1-6H3/t20-,22+,24+,26-,27-,29-,30+,31-,32-,33-/m0/s1. The Hall–Kier alpha value is -1.20. The fraction of sp³-hybridized carbons (Fsp3) is 0.879. The Balaban J connectivity index is 1.23. The van der Waals surface area contributed by atoms with Crippen LogP contribution in [0.1, 0.15) is 98.8 Å². The number of rotatable bonds is 3. The Morgan fingerprint density at radius 3 is 2.71 bits per heavy atom. The second kappa shape index (κ2) is 9.72. The lowest BCUT2D eigenvalue weighted by atomic mass is 9.52. The third kappa shape index (κ3) is 4.24. The van der Waals surface area contributed by atoms with Gasteiger partial charge in [0, 0.05) is 58.4 Å². The fourth-order valence-corrected chi connectivity index (χ4v) is 10.7. The number of carbonyl (C=O) groups is 2. The van der Waals surface area contributed by atoms with E-state index in [0.717, 1.165) is 69.5 Å². The molecular weight excluding hydrogens is 472 g/mol. The van der Waals surface area contributed by atoms with E-state index in [1.807, 2.05) is 11.9 Å². The molecule has 0 radical (unpaired) electrons. The molecule has 6 rings (SSSR count). The van der Waals surface area contributed by atoms with Gasteiger partial charge in [-0.1, -0.05) is 31.9 Å². The van der Waals surface area contributed by atoms with Crippen LogP contribution < -0.4 is 0 Å². The maximum atomic E-state index is 12.3. The predicted molar refractivity (Wildman–Crippen MR) is 151 cm³/mol. The molecule has 4 aliphatic carbocycles. The molecule has 0 unspecified atom stereocenters. The van der Waals surface area contributed by atoms with Gasteiger partial charge < -0.3 is 9.64 Å². The van der Waals surface area contributed by atoms with Crippen LogP contribution in [0.3, 0.4) is 0 Å². The third-order valence-corrected chi connectivity index (χ3v) is 12.9. The lowest BCUT2D eigenvalue weighted by Gasteiger charge is -2.52. The molecule has 3 saturated carbocycles. The van der Waals surface area contributed by atoms with E-state index in [1.165, 1.54) is 32.1 Å². The Labute approximate surface area is 231 Å². The van der Waals surface area contributed by atoms with Crippen molar-refractivity contribution in [1.29, 1.82) is 0 Å². The van der Waals surface area contributed by atoms with Crippen LogP contribution in [0.5, 0.6) is 0 Å². The first-order valence-corrected chi connectivity index (χ1v) is 15.9. The maximum absolute atomic E-state index is 12.3. The van der Waals surface area contributed by atoms with Crippen LogP contribution >= 0.6 is 0 Å². The lowest BCUT2D eigenvalue weighted by Crippen LogP contribution is -2.53. The zero-order valence-electron chi connectivity index (χ0n) is 24.9. The van der Waals surface area contributed by atoms with Crippen molar-refractivity contribution in [2.75, 3.05) is 26.7 Å². The molecular formula is C33H52N2O3. The first-order valence-electron chi connectivity index (χ1n) is 15.9. The number of carbonyl (C=O) groups excluding carboxylic acids is 2. The summed E-state index contributed by atoms with van der Waals surface area (Å²) in [6, 6.07) is 0.462. The molecule has 0 aromatic carbocycles. The number of amides is 1. The minimum Gasteiger partial charge on any atom is -0.369 e. The van der Waals surface area contributed by atoms with Gasteiger partial charge in [0.2, 0.25) is 5.91 Å². The molecule has 6 aliphatic rings. The van der Waals surface area contributed by atoms with E-state index >= 15 is 0 Å². The monoisotopic (exact) mass is 524 g/mol. The van der Waals surface area contributed by atoms with Crippen molar-refractivity contribution < 1.29 is 14.3 Å². The van der Waals surface area contributed by atoms with Crippen LogP contribution in [-0.4, -0.2) is 65.9 Å². The summed E-state index contributed by atoms with van der Waals surface area (Å²) in [4.78, 5) is 28.7. The summed E-state index contributed by atoms with van der Waals surface area (Å²) in [7, 11) is 1.93. The second-order valence-electron chi connectivity index (χ2n) is 14.9. The number of hydrogen-bond acceptors (Lipinski definition) is 4. The van der Waals surface area contributed by atoms with Crippen LogP contribution in [-0.2, 0) is 14.3 Å². The van der Waals surface area contributed by atoms with Crippen LogP contribution in [0.25, 0.3) is 0 Å². The summed E-state index contributed by atoms with van der Waals surface area (Å²) in [5.41, 5.74) is 3.74. The first kappa shape index (κ1) is 27.0.